The van der Waals surface area contributed by atoms with Crippen molar-refractivity contribution >= 4 is 23.8 Å². The Labute approximate surface area is 162 Å². The van der Waals surface area contributed by atoms with Crippen molar-refractivity contribution in [1.82, 2.24) is 16.0 Å². The Morgan fingerprint density at radius 3 is 2.18 bits per heavy atom. The van der Waals surface area contributed by atoms with Gasteiger partial charge in [-0.25, -0.2) is 9.59 Å². The molecular weight excluding hydrogens is 362 g/mol. The molecule has 0 aliphatic heterocycles. The molecule has 0 aromatic heterocycles. The maximum Gasteiger partial charge on any atom is 0.328 e. The third-order valence-electron chi connectivity index (χ3n) is 3.63. The molecule has 146 valence electrons. The average molecular weight is 383 g/mol. The lowest BCUT2D eigenvalue weighted by atomic mass is 10.2. The maximum absolute atomic E-state index is 12.0. The lowest BCUT2D eigenvalue weighted by Gasteiger charge is -2.13. The standard InChI is InChI=1S/C20H21N3O5/c1-14(22-18(25)16-10-6-3-7-11-16)19(26)28-13-17(24)23-20(27)21-12-15-8-4-2-5-9-15/h2-11,14H,12-13H2,1H3,(H,22,25)(H2,21,23,24,27)/t14-/m0/s1. The smallest absolute Gasteiger partial charge is 0.328 e. The Morgan fingerprint density at radius 2 is 1.54 bits per heavy atom. The van der Waals surface area contributed by atoms with Crippen LogP contribution in [0.5, 0.6) is 0 Å². The van der Waals surface area contributed by atoms with Crippen molar-refractivity contribution in [3.8, 4) is 0 Å². The summed E-state index contributed by atoms with van der Waals surface area (Å²) < 4.78 is 4.82. The van der Waals surface area contributed by atoms with Crippen molar-refractivity contribution in [2.45, 2.75) is 19.5 Å². The molecule has 8 heteroatoms. The Morgan fingerprint density at radius 1 is 0.929 bits per heavy atom. The quantitative estimate of drug-likeness (QED) is 0.625. The summed E-state index contributed by atoms with van der Waals surface area (Å²) in [6.45, 7) is 1.05. The number of nitrogens with one attached hydrogen (secondary N) is 3. The lowest BCUT2D eigenvalue weighted by Crippen LogP contribution is -2.43. The highest BCUT2D eigenvalue weighted by molar-refractivity contribution is 5.97. The monoisotopic (exact) mass is 383 g/mol. The van der Waals surface area contributed by atoms with Crippen molar-refractivity contribution in [2.24, 2.45) is 0 Å². The van der Waals surface area contributed by atoms with E-state index in [9.17, 15) is 19.2 Å². The molecule has 4 amide bonds. The largest absolute Gasteiger partial charge is 0.454 e. The number of rotatable bonds is 7. The first-order chi connectivity index (χ1) is 13.5. The Hall–Kier alpha value is -3.68. The molecule has 0 fully saturated rings. The predicted molar refractivity (Wildman–Crippen MR) is 101 cm³/mol. The fourth-order valence-corrected chi connectivity index (χ4v) is 2.18. The molecule has 0 saturated heterocycles. The number of imide groups is 1. The Balaban J connectivity index is 1.68. The van der Waals surface area contributed by atoms with Gasteiger partial charge >= 0.3 is 12.0 Å². The van der Waals surface area contributed by atoms with Crippen molar-refractivity contribution in [3.05, 3.63) is 71.8 Å². The minimum Gasteiger partial charge on any atom is -0.454 e. The number of urea groups is 1. The highest BCUT2D eigenvalue weighted by Gasteiger charge is 2.19. The normalized spacial score (nSPS) is 11.0. The van der Waals surface area contributed by atoms with Gasteiger partial charge < -0.3 is 15.4 Å². The van der Waals surface area contributed by atoms with Gasteiger partial charge in [0.15, 0.2) is 6.61 Å². The third-order valence-corrected chi connectivity index (χ3v) is 3.63. The van der Waals surface area contributed by atoms with Gasteiger partial charge in [-0.15, -0.1) is 0 Å². The number of carbonyl (C=O) groups is 4. The van der Waals surface area contributed by atoms with Gasteiger partial charge in [0.05, 0.1) is 0 Å². The van der Waals surface area contributed by atoms with E-state index in [4.69, 9.17) is 4.74 Å². The van der Waals surface area contributed by atoms with Crippen molar-refractivity contribution in [3.63, 3.8) is 0 Å². The molecule has 0 saturated carbocycles. The fourth-order valence-electron chi connectivity index (χ4n) is 2.18. The van der Waals surface area contributed by atoms with Crippen LogP contribution in [0.4, 0.5) is 4.79 Å². The summed E-state index contributed by atoms with van der Waals surface area (Å²) in [5.41, 5.74) is 1.27. The molecule has 0 unspecified atom stereocenters. The van der Waals surface area contributed by atoms with E-state index in [1.165, 1.54) is 6.92 Å². The lowest BCUT2D eigenvalue weighted by molar-refractivity contribution is -0.149. The number of ether oxygens (including phenoxy) is 1. The maximum atomic E-state index is 12.0. The van der Waals surface area contributed by atoms with Crippen LogP contribution in [0.15, 0.2) is 60.7 Å². The van der Waals surface area contributed by atoms with Gasteiger partial charge in [-0.3, -0.25) is 14.9 Å². The summed E-state index contributed by atoms with van der Waals surface area (Å²) in [6, 6.07) is 15.9. The first kappa shape index (κ1) is 20.6. The van der Waals surface area contributed by atoms with Gasteiger partial charge in [-0.05, 0) is 24.6 Å². The van der Waals surface area contributed by atoms with Crippen LogP contribution in [0.25, 0.3) is 0 Å². The highest BCUT2D eigenvalue weighted by atomic mass is 16.5. The average Bonchev–Trinajstić information content (AvgIpc) is 2.71. The van der Waals surface area contributed by atoms with E-state index in [-0.39, 0.29) is 6.54 Å². The van der Waals surface area contributed by atoms with E-state index >= 15 is 0 Å². The zero-order valence-electron chi connectivity index (χ0n) is 15.3. The topological polar surface area (TPSA) is 114 Å². The van der Waals surface area contributed by atoms with Crippen LogP contribution in [0.3, 0.4) is 0 Å². The van der Waals surface area contributed by atoms with Crippen LogP contribution in [0, 0.1) is 0 Å². The number of amides is 4. The summed E-state index contributed by atoms with van der Waals surface area (Å²) >= 11 is 0. The van der Waals surface area contributed by atoms with Crippen LogP contribution < -0.4 is 16.0 Å². The second-order valence-electron chi connectivity index (χ2n) is 5.89. The number of benzene rings is 2. The molecule has 1 atom stereocenters. The van der Waals surface area contributed by atoms with E-state index in [0.717, 1.165) is 5.56 Å². The molecule has 0 radical (unpaired) electrons. The SMILES string of the molecule is C[C@H](NC(=O)c1ccccc1)C(=O)OCC(=O)NC(=O)NCc1ccccc1. The van der Waals surface area contributed by atoms with Gasteiger partial charge in [0, 0.05) is 12.1 Å². The van der Waals surface area contributed by atoms with Gasteiger partial charge in [-0.2, -0.15) is 0 Å². The molecule has 3 N–H and O–H groups in total. The van der Waals surface area contributed by atoms with E-state index in [1.54, 1.807) is 30.3 Å². The number of hydrogen-bond donors (Lipinski definition) is 3. The zero-order chi connectivity index (χ0) is 20.4. The number of carbonyl (C=O) groups excluding carboxylic acids is 4. The van der Waals surface area contributed by atoms with E-state index < -0.39 is 36.5 Å². The van der Waals surface area contributed by atoms with Crippen molar-refractivity contribution in [1.29, 1.82) is 0 Å². The van der Waals surface area contributed by atoms with E-state index in [1.807, 2.05) is 30.3 Å². The van der Waals surface area contributed by atoms with Crippen molar-refractivity contribution < 1.29 is 23.9 Å². The van der Waals surface area contributed by atoms with E-state index in [2.05, 4.69) is 16.0 Å². The Bertz CT molecular complexity index is 824. The summed E-state index contributed by atoms with van der Waals surface area (Å²) in [5.74, 6) is -2.00. The summed E-state index contributed by atoms with van der Waals surface area (Å²) in [4.78, 5) is 47.2. The van der Waals surface area contributed by atoms with Crippen LogP contribution in [-0.2, 0) is 20.9 Å². The first-order valence-corrected chi connectivity index (χ1v) is 8.60. The van der Waals surface area contributed by atoms with Gasteiger partial charge in [0.2, 0.25) is 0 Å². The first-order valence-electron chi connectivity index (χ1n) is 8.60. The minimum absolute atomic E-state index is 0.252. The predicted octanol–water partition coefficient (Wildman–Crippen LogP) is 1.37. The van der Waals surface area contributed by atoms with Crippen LogP contribution >= 0.6 is 0 Å². The van der Waals surface area contributed by atoms with Gasteiger partial charge in [0.25, 0.3) is 11.8 Å². The summed E-state index contributed by atoms with van der Waals surface area (Å²) in [6.07, 6.45) is 0. The minimum atomic E-state index is -0.951. The van der Waals surface area contributed by atoms with Gasteiger partial charge in [0.1, 0.15) is 6.04 Å². The molecular formula is C20H21N3O5. The molecule has 0 aliphatic carbocycles. The molecule has 28 heavy (non-hydrogen) atoms. The van der Waals surface area contributed by atoms with Crippen LogP contribution in [0.2, 0.25) is 0 Å². The third kappa shape index (κ3) is 6.91. The molecule has 2 rings (SSSR count). The molecule has 0 spiro atoms. The number of esters is 1. The van der Waals surface area contributed by atoms with Gasteiger partial charge in [-0.1, -0.05) is 48.5 Å². The molecule has 8 nitrogen and oxygen atoms in total. The van der Waals surface area contributed by atoms with Crippen molar-refractivity contribution in [2.75, 3.05) is 6.61 Å². The van der Waals surface area contributed by atoms with E-state index in [0.29, 0.717) is 5.56 Å². The molecule has 0 bridgehead atoms. The van der Waals surface area contributed by atoms with Crippen LogP contribution in [-0.4, -0.2) is 36.5 Å². The zero-order valence-corrected chi connectivity index (χ0v) is 15.3. The molecule has 2 aromatic carbocycles. The highest BCUT2D eigenvalue weighted by Crippen LogP contribution is 2.00. The Kier molecular flexibility index (Phi) is 7.71. The second kappa shape index (κ2) is 10.5. The molecule has 2 aromatic rings. The summed E-state index contributed by atoms with van der Waals surface area (Å²) in [5, 5.41) is 7.05. The fraction of sp³-hybridized carbons (Fsp3) is 0.200. The summed E-state index contributed by atoms with van der Waals surface area (Å²) in [7, 11) is 0. The molecule has 0 aliphatic rings. The van der Waals surface area contributed by atoms with Crippen LogP contribution in [0.1, 0.15) is 22.8 Å². The second-order valence-corrected chi connectivity index (χ2v) is 5.89. The molecule has 0 heterocycles. The number of hydrogen-bond acceptors (Lipinski definition) is 5.